The van der Waals surface area contributed by atoms with Crippen LogP contribution in [-0.2, 0) is 0 Å². The van der Waals surface area contributed by atoms with E-state index in [0.29, 0.717) is 12.1 Å². The van der Waals surface area contributed by atoms with Crippen LogP contribution in [-0.4, -0.2) is 48.8 Å². The number of hydrogen-bond donors (Lipinski definition) is 1. The molecule has 1 aliphatic rings. The van der Waals surface area contributed by atoms with Crippen molar-refractivity contribution in [3.05, 3.63) is 29.3 Å². The topological polar surface area (TPSA) is 26.7 Å². The van der Waals surface area contributed by atoms with Gasteiger partial charge in [0.15, 0.2) is 0 Å². The van der Waals surface area contributed by atoms with Gasteiger partial charge in [-0.15, -0.1) is 0 Å². The SMILES string of the molecule is CC1CN(c2ccc(Cl)cc2)CC(CCO)N1C. The van der Waals surface area contributed by atoms with Crippen molar-refractivity contribution in [3.63, 3.8) is 0 Å². The summed E-state index contributed by atoms with van der Waals surface area (Å²) in [6.07, 6.45) is 0.824. The Morgan fingerprint density at radius 2 is 1.94 bits per heavy atom. The van der Waals surface area contributed by atoms with Crippen LogP contribution in [0, 0.1) is 0 Å². The minimum Gasteiger partial charge on any atom is -0.396 e. The third-order valence-electron chi connectivity index (χ3n) is 3.84. The van der Waals surface area contributed by atoms with Crippen LogP contribution < -0.4 is 4.90 Å². The lowest BCUT2D eigenvalue weighted by Crippen LogP contribution is -2.56. The summed E-state index contributed by atoms with van der Waals surface area (Å²) in [4.78, 5) is 4.74. The standard InChI is InChI=1S/C14H21ClN2O/c1-11-9-17(10-14(7-8-18)16(11)2)13-5-3-12(15)4-6-13/h3-6,11,14,18H,7-10H2,1-2H3. The lowest BCUT2D eigenvalue weighted by Gasteiger charge is -2.44. The van der Waals surface area contributed by atoms with Gasteiger partial charge in [0.25, 0.3) is 0 Å². The van der Waals surface area contributed by atoms with Gasteiger partial charge in [-0.1, -0.05) is 11.6 Å². The smallest absolute Gasteiger partial charge is 0.0446 e. The number of benzene rings is 1. The van der Waals surface area contributed by atoms with E-state index in [1.54, 1.807) is 0 Å². The van der Waals surface area contributed by atoms with E-state index in [1.165, 1.54) is 5.69 Å². The summed E-state index contributed by atoms with van der Waals surface area (Å²) >= 11 is 5.92. The number of aliphatic hydroxyl groups is 1. The van der Waals surface area contributed by atoms with Crippen LogP contribution in [0.4, 0.5) is 5.69 Å². The predicted molar refractivity (Wildman–Crippen MR) is 76.4 cm³/mol. The molecule has 1 aliphatic heterocycles. The monoisotopic (exact) mass is 268 g/mol. The average molecular weight is 269 g/mol. The highest BCUT2D eigenvalue weighted by atomic mass is 35.5. The molecule has 1 heterocycles. The first-order valence-corrected chi connectivity index (χ1v) is 6.83. The molecule has 0 saturated carbocycles. The van der Waals surface area contributed by atoms with E-state index in [0.717, 1.165) is 24.5 Å². The van der Waals surface area contributed by atoms with Crippen LogP contribution in [0.5, 0.6) is 0 Å². The van der Waals surface area contributed by atoms with Crippen molar-refractivity contribution in [2.75, 3.05) is 31.6 Å². The maximum atomic E-state index is 9.15. The van der Waals surface area contributed by atoms with Gasteiger partial charge in [0.2, 0.25) is 0 Å². The molecule has 0 spiro atoms. The van der Waals surface area contributed by atoms with Gasteiger partial charge in [-0.25, -0.2) is 0 Å². The molecule has 0 aliphatic carbocycles. The second-order valence-corrected chi connectivity index (χ2v) is 5.50. The summed E-state index contributed by atoms with van der Waals surface area (Å²) in [6.45, 7) is 4.45. The summed E-state index contributed by atoms with van der Waals surface area (Å²) in [5, 5.41) is 9.92. The number of piperazine rings is 1. The van der Waals surface area contributed by atoms with Crippen LogP contribution in [0.2, 0.25) is 5.02 Å². The zero-order chi connectivity index (χ0) is 13.1. The fourth-order valence-electron chi connectivity index (χ4n) is 2.57. The first kappa shape index (κ1) is 13.7. The Bertz CT molecular complexity index is 382. The van der Waals surface area contributed by atoms with Gasteiger partial charge < -0.3 is 10.0 Å². The fraction of sp³-hybridized carbons (Fsp3) is 0.571. The van der Waals surface area contributed by atoms with Gasteiger partial charge in [0.1, 0.15) is 0 Å². The van der Waals surface area contributed by atoms with E-state index >= 15 is 0 Å². The molecule has 18 heavy (non-hydrogen) atoms. The van der Waals surface area contributed by atoms with Crippen LogP contribution in [0.15, 0.2) is 24.3 Å². The molecule has 0 amide bonds. The maximum absolute atomic E-state index is 9.15. The molecule has 1 aromatic rings. The Hall–Kier alpha value is -0.770. The molecule has 0 aromatic heterocycles. The second kappa shape index (κ2) is 5.91. The average Bonchev–Trinajstić information content (AvgIpc) is 2.36. The minimum atomic E-state index is 0.246. The molecule has 1 fully saturated rings. The first-order valence-electron chi connectivity index (χ1n) is 6.45. The fourth-order valence-corrected chi connectivity index (χ4v) is 2.70. The summed E-state index contributed by atoms with van der Waals surface area (Å²) < 4.78 is 0. The number of aliphatic hydroxyl groups excluding tert-OH is 1. The molecule has 2 atom stereocenters. The zero-order valence-electron chi connectivity index (χ0n) is 11.0. The Balaban J connectivity index is 2.12. The van der Waals surface area contributed by atoms with Crippen LogP contribution in [0.25, 0.3) is 0 Å². The Kier molecular flexibility index (Phi) is 4.49. The van der Waals surface area contributed by atoms with Crippen molar-refractivity contribution in [2.45, 2.75) is 25.4 Å². The lowest BCUT2D eigenvalue weighted by atomic mass is 10.0. The van der Waals surface area contributed by atoms with Crippen molar-refractivity contribution in [2.24, 2.45) is 0 Å². The third kappa shape index (κ3) is 2.97. The van der Waals surface area contributed by atoms with Gasteiger partial charge in [-0.05, 0) is 44.7 Å². The molecule has 0 bridgehead atoms. The number of halogens is 1. The largest absolute Gasteiger partial charge is 0.396 e. The minimum absolute atomic E-state index is 0.246. The lowest BCUT2D eigenvalue weighted by molar-refractivity contribution is 0.128. The van der Waals surface area contributed by atoms with E-state index < -0.39 is 0 Å². The molecule has 1 aromatic carbocycles. The zero-order valence-corrected chi connectivity index (χ0v) is 11.8. The van der Waals surface area contributed by atoms with Crippen molar-refractivity contribution >= 4 is 17.3 Å². The molecule has 0 radical (unpaired) electrons. The van der Waals surface area contributed by atoms with Crippen molar-refractivity contribution in [1.29, 1.82) is 0 Å². The van der Waals surface area contributed by atoms with Crippen LogP contribution in [0.1, 0.15) is 13.3 Å². The van der Waals surface area contributed by atoms with Crippen molar-refractivity contribution in [1.82, 2.24) is 4.90 Å². The van der Waals surface area contributed by atoms with Gasteiger partial charge in [0, 0.05) is 42.5 Å². The van der Waals surface area contributed by atoms with Crippen LogP contribution >= 0.6 is 11.6 Å². The first-order chi connectivity index (χ1) is 8.61. The highest BCUT2D eigenvalue weighted by Gasteiger charge is 2.28. The van der Waals surface area contributed by atoms with Gasteiger partial charge in [-0.2, -0.15) is 0 Å². The maximum Gasteiger partial charge on any atom is 0.0446 e. The van der Waals surface area contributed by atoms with Crippen molar-refractivity contribution in [3.8, 4) is 0 Å². The highest BCUT2D eigenvalue weighted by Crippen LogP contribution is 2.24. The number of rotatable bonds is 3. The molecule has 1 saturated heterocycles. The molecular weight excluding hydrogens is 248 g/mol. The van der Waals surface area contributed by atoms with Gasteiger partial charge in [0.05, 0.1) is 0 Å². The van der Waals surface area contributed by atoms with Crippen molar-refractivity contribution < 1.29 is 5.11 Å². The Morgan fingerprint density at radius 3 is 2.56 bits per heavy atom. The summed E-state index contributed by atoms with van der Waals surface area (Å²) in [7, 11) is 2.14. The van der Waals surface area contributed by atoms with E-state index in [-0.39, 0.29) is 6.61 Å². The summed E-state index contributed by atoms with van der Waals surface area (Å²) in [6, 6.07) is 8.90. The third-order valence-corrected chi connectivity index (χ3v) is 4.09. The number of hydrogen-bond acceptors (Lipinski definition) is 3. The molecule has 4 heteroatoms. The number of nitrogens with zero attached hydrogens (tertiary/aromatic N) is 2. The quantitative estimate of drug-likeness (QED) is 0.911. The van der Waals surface area contributed by atoms with E-state index in [9.17, 15) is 0 Å². The normalized spacial score (nSPS) is 25.4. The van der Waals surface area contributed by atoms with Crippen LogP contribution in [0.3, 0.4) is 0 Å². The van der Waals surface area contributed by atoms with E-state index in [2.05, 4.69) is 35.9 Å². The highest BCUT2D eigenvalue weighted by molar-refractivity contribution is 6.30. The second-order valence-electron chi connectivity index (χ2n) is 5.06. The summed E-state index contributed by atoms with van der Waals surface area (Å²) in [5.41, 5.74) is 1.21. The predicted octanol–water partition coefficient (Wildman–Crippen LogP) is 2.23. The molecule has 1 N–H and O–H groups in total. The van der Waals surface area contributed by atoms with E-state index in [1.807, 2.05) is 12.1 Å². The number of anilines is 1. The van der Waals surface area contributed by atoms with E-state index in [4.69, 9.17) is 16.7 Å². The number of likely N-dealkylation sites (N-methyl/N-ethyl adjacent to an activating group) is 1. The Labute approximate surface area is 114 Å². The molecule has 2 rings (SSSR count). The molecule has 100 valence electrons. The summed E-state index contributed by atoms with van der Waals surface area (Å²) in [5.74, 6) is 0. The van der Waals surface area contributed by atoms with Gasteiger partial charge in [-0.3, -0.25) is 4.90 Å². The molecule has 3 nitrogen and oxygen atoms in total. The molecular formula is C14H21ClN2O. The van der Waals surface area contributed by atoms with Gasteiger partial charge >= 0.3 is 0 Å². The Morgan fingerprint density at radius 1 is 1.28 bits per heavy atom. The molecule has 2 unspecified atom stereocenters.